The summed E-state index contributed by atoms with van der Waals surface area (Å²) >= 11 is 0. The van der Waals surface area contributed by atoms with Crippen molar-refractivity contribution in [1.29, 1.82) is 0 Å². The maximum absolute atomic E-state index is 11.1. The molecule has 0 unspecified atom stereocenters. The molecule has 0 bridgehead atoms. The van der Waals surface area contributed by atoms with Crippen LogP contribution in [0.3, 0.4) is 0 Å². The van der Waals surface area contributed by atoms with Gasteiger partial charge in [0, 0.05) is 6.42 Å². The second kappa shape index (κ2) is 17.1. The summed E-state index contributed by atoms with van der Waals surface area (Å²) in [6.45, 7) is 2.19. The Morgan fingerprint density at radius 1 is 0.852 bits per heavy atom. The highest BCUT2D eigenvalue weighted by molar-refractivity contribution is 5.50. The van der Waals surface area contributed by atoms with E-state index >= 15 is 0 Å². The standard InChI is InChI=1S/C20H31N2O5/c1-2-3-4-5-6-7-8-9-10-12-15-19(21(24)25)18-20(22(26)27)16-13-11-14-17-23/h9-10,15-16H,2-8,11-14,18H2,1H3/b10-9-,19-15+,20-16+. The minimum atomic E-state index is -0.601. The van der Waals surface area contributed by atoms with Crippen LogP contribution in [-0.4, -0.2) is 16.1 Å². The Kier molecular flexibility index (Phi) is 15.7. The molecule has 0 aliphatic rings. The van der Waals surface area contributed by atoms with Crippen LogP contribution in [0, 0.1) is 20.2 Å². The molecule has 0 aliphatic carbocycles. The van der Waals surface area contributed by atoms with Crippen molar-refractivity contribution in [1.82, 2.24) is 0 Å². The van der Waals surface area contributed by atoms with Crippen LogP contribution in [0.25, 0.3) is 0 Å². The van der Waals surface area contributed by atoms with Gasteiger partial charge < -0.3 is 0 Å². The maximum Gasteiger partial charge on any atom is 0.253 e. The Hall–Kier alpha value is -2.31. The predicted molar refractivity (Wildman–Crippen MR) is 106 cm³/mol. The topological polar surface area (TPSA) is 103 Å². The van der Waals surface area contributed by atoms with E-state index in [0.717, 1.165) is 12.8 Å². The van der Waals surface area contributed by atoms with Crippen LogP contribution in [0.5, 0.6) is 0 Å². The van der Waals surface area contributed by atoms with Crippen molar-refractivity contribution in [3.8, 4) is 0 Å². The van der Waals surface area contributed by atoms with Crippen molar-refractivity contribution >= 4 is 6.29 Å². The largest absolute Gasteiger partial charge is 0.291 e. The third-order valence-corrected chi connectivity index (χ3v) is 4.07. The smallest absolute Gasteiger partial charge is 0.253 e. The average Bonchev–Trinajstić information content (AvgIpc) is 2.63. The number of nitrogens with zero attached hydrogens (tertiary/aromatic N) is 2. The summed E-state index contributed by atoms with van der Waals surface area (Å²) in [4.78, 5) is 31.2. The van der Waals surface area contributed by atoms with Gasteiger partial charge in [0.2, 0.25) is 0 Å². The fraction of sp³-hybridized carbons (Fsp3) is 0.650. The summed E-state index contributed by atoms with van der Waals surface area (Å²) in [5.41, 5.74) is -0.385. The Balaban J connectivity index is 4.42. The molecule has 27 heavy (non-hydrogen) atoms. The van der Waals surface area contributed by atoms with E-state index in [2.05, 4.69) is 6.92 Å². The van der Waals surface area contributed by atoms with E-state index in [1.54, 1.807) is 6.29 Å². The molecule has 7 heteroatoms. The summed E-state index contributed by atoms with van der Waals surface area (Å²) in [6, 6.07) is 0. The van der Waals surface area contributed by atoms with Gasteiger partial charge in [-0.1, -0.05) is 51.2 Å². The van der Waals surface area contributed by atoms with Gasteiger partial charge >= 0.3 is 0 Å². The summed E-state index contributed by atoms with van der Waals surface area (Å²) in [5.74, 6) is 0. The Morgan fingerprint density at radius 2 is 1.48 bits per heavy atom. The van der Waals surface area contributed by atoms with E-state index in [1.807, 2.05) is 12.2 Å². The van der Waals surface area contributed by atoms with E-state index in [-0.39, 0.29) is 24.2 Å². The lowest BCUT2D eigenvalue weighted by molar-refractivity contribution is -0.450. The van der Waals surface area contributed by atoms with Gasteiger partial charge in [-0.25, -0.2) is 0 Å². The molecule has 0 rings (SSSR count). The number of rotatable bonds is 17. The number of hydrogen-bond donors (Lipinski definition) is 0. The Bertz CT molecular complexity index is 538. The van der Waals surface area contributed by atoms with E-state index in [9.17, 15) is 25.0 Å². The van der Waals surface area contributed by atoms with Gasteiger partial charge in [0.15, 0.2) is 6.29 Å². The van der Waals surface area contributed by atoms with Gasteiger partial charge in [0.05, 0.1) is 9.85 Å². The van der Waals surface area contributed by atoms with Crippen LogP contribution < -0.4 is 0 Å². The van der Waals surface area contributed by atoms with E-state index in [0.29, 0.717) is 19.3 Å². The first-order chi connectivity index (χ1) is 13.0. The molecule has 0 spiro atoms. The SMILES string of the molecule is CCCCCCCC/C=C\C/C=C(\C/C(=C\CCC[C]=O)[N+](=O)[O-])[N+](=O)[O-]. The van der Waals surface area contributed by atoms with Crippen LogP contribution in [0.15, 0.2) is 35.7 Å². The minimum Gasteiger partial charge on any atom is -0.291 e. The number of unbranched alkanes of at least 4 members (excludes halogenated alkanes) is 8. The van der Waals surface area contributed by atoms with Gasteiger partial charge in [-0.3, -0.25) is 25.0 Å². The second-order valence-electron chi connectivity index (χ2n) is 6.38. The molecule has 1 radical (unpaired) electrons. The maximum atomic E-state index is 11.1. The molecule has 0 atom stereocenters. The van der Waals surface area contributed by atoms with E-state index in [4.69, 9.17) is 0 Å². The van der Waals surface area contributed by atoms with Crippen LogP contribution in [0.1, 0.15) is 84.0 Å². The average molecular weight is 379 g/mol. The summed E-state index contributed by atoms with van der Waals surface area (Å²) in [7, 11) is 0. The van der Waals surface area contributed by atoms with Gasteiger partial charge in [-0.2, -0.15) is 0 Å². The molecule has 0 N–H and O–H groups in total. The highest BCUT2D eigenvalue weighted by Gasteiger charge is 2.20. The Morgan fingerprint density at radius 3 is 2.11 bits per heavy atom. The predicted octanol–water partition coefficient (Wildman–Crippen LogP) is 5.67. The summed E-state index contributed by atoms with van der Waals surface area (Å²) in [6.07, 6.45) is 17.7. The third-order valence-electron chi connectivity index (χ3n) is 4.07. The molecule has 0 aromatic rings. The molecule has 0 aliphatic heterocycles. The molecule has 0 aromatic carbocycles. The summed E-state index contributed by atoms with van der Waals surface area (Å²) in [5, 5.41) is 22.2. The van der Waals surface area contributed by atoms with Crippen LogP contribution in [-0.2, 0) is 4.79 Å². The van der Waals surface area contributed by atoms with Gasteiger partial charge in [0.25, 0.3) is 11.4 Å². The molecule has 0 heterocycles. The van der Waals surface area contributed by atoms with E-state index in [1.165, 1.54) is 44.3 Å². The monoisotopic (exact) mass is 379 g/mol. The van der Waals surface area contributed by atoms with Gasteiger partial charge in [0.1, 0.15) is 6.42 Å². The van der Waals surface area contributed by atoms with E-state index < -0.39 is 9.85 Å². The van der Waals surface area contributed by atoms with Crippen molar-refractivity contribution in [2.45, 2.75) is 84.0 Å². The van der Waals surface area contributed by atoms with Gasteiger partial charge in [-0.05, 0) is 44.3 Å². The second-order valence-corrected chi connectivity index (χ2v) is 6.38. The third kappa shape index (κ3) is 14.5. The molecule has 0 saturated carbocycles. The van der Waals surface area contributed by atoms with Gasteiger partial charge in [-0.15, -0.1) is 0 Å². The molecule has 0 aromatic heterocycles. The zero-order valence-electron chi connectivity index (χ0n) is 16.2. The minimum absolute atomic E-state index is 0.177. The quantitative estimate of drug-likeness (QED) is 0.140. The first-order valence-corrected chi connectivity index (χ1v) is 9.69. The van der Waals surface area contributed by atoms with Crippen LogP contribution in [0.4, 0.5) is 0 Å². The van der Waals surface area contributed by atoms with Crippen molar-refractivity contribution < 1.29 is 14.6 Å². The Labute approximate surface area is 161 Å². The fourth-order valence-electron chi connectivity index (χ4n) is 2.51. The molecular weight excluding hydrogens is 348 g/mol. The lowest BCUT2D eigenvalue weighted by Crippen LogP contribution is -2.06. The first kappa shape index (κ1) is 24.7. The normalized spacial score (nSPS) is 12.5. The highest BCUT2D eigenvalue weighted by atomic mass is 16.6. The number of carbonyl (C=O) groups excluding carboxylic acids is 1. The number of nitro groups is 2. The molecule has 7 nitrogen and oxygen atoms in total. The fourth-order valence-corrected chi connectivity index (χ4v) is 2.51. The van der Waals surface area contributed by atoms with Crippen LogP contribution >= 0.6 is 0 Å². The highest BCUT2D eigenvalue weighted by Crippen LogP contribution is 2.15. The molecule has 0 saturated heterocycles. The molecule has 0 fully saturated rings. The van der Waals surface area contributed by atoms with Crippen molar-refractivity contribution in [2.24, 2.45) is 0 Å². The first-order valence-electron chi connectivity index (χ1n) is 9.69. The zero-order chi connectivity index (χ0) is 20.3. The number of allylic oxidation sites excluding steroid dienone is 4. The van der Waals surface area contributed by atoms with Crippen LogP contribution in [0.2, 0.25) is 0 Å². The van der Waals surface area contributed by atoms with Crippen molar-refractivity contribution in [3.63, 3.8) is 0 Å². The number of hydrogen-bond acceptors (Lipinski definition) is 5. The molecule has 0 amide bonds. The van der Waals surface area contributed by atoms with Crippen molar-refractivity contribution in [2.75, 3.05) is 0 Å². The lowest BCUT2D eigenvalue weighted by Gasteiger charge is -1.99. The molecule has 151 valence electrons. The summed E-state index contributed by atoms with van der Waals surface area (Å²) < 4.78 is 0. The molecular formula is C20H31N2O5. The van der Waals surface area contributed by atoms with Crippen molar-refractivity contribution in [3.05, 3.63) is 55.9 Å². The lowest BCUT2D eigenvalue weighted by atomic mass is 10.1. The zero-order valence-corrected chi connectivity index (χ0v) is 16.2.